The maximum atomic E-state index is 12.1. The highest BCUT2D eigenvalue weighted by molar-refractivity contribution is 5.75. The van der Waals surface area contributed by atoms with Crippen molar-refractivity contribution >= 4 is 6.03 Å². The number of hydrogen-bond donors (Lipinski definition) is 2. The Kier molecular flexibility index (Phi) is 7.13. The summed E-state index contributed by atoms with van der Waals surface area (Å²) in [5, 5.41) is 4.51. The summed E-state index contributed by atoms with van der Waals surface area (Å²) in [4.78, 5) is 11.5. The van der Waals surface area contributed by atoms with Gasteiger partial charge in [0.1, 0.15) is 5.75 Å². The van der Waals surface area contributed by atoms with Gasteiger partial charge >= 0.3 is 18.4 Å². The fourth-order valence-electron chi connectivity index (χ4n) is 1.65. The molecule has 1 rings (SSSR count). The van der Waals surface area contributed by atoms with Crippen molar-refractivity contribution < 1.29 is 35.9 Å². The lowest BCUT2D eigenvalue weighted by Gasteiger charge is -2.12. The third kappa shape index (κ3) is 10.2. The summed E-state index contributed by atoms with van der Waals surface area (Å²) in [5.41, 5.74) is 0.354. The van der Waals surface area contributed by atoms with Crippen LogP contribution in [0.25, 0.3) is 0 Å². The lowest BCUT2D eigenvalue weighted by atomic mass is 10.2. The highest BCUT2D eigenvalue weighted by atomic mass is 19.4. The first kappa shape index (κ1) is 20.7. The average Bonchev–Trinajstić information content (AvgIpc) is 2.48. The molecule has 2 N–H and O–H groups in total. The number of carbonyl (C=O) groups is 1. The van der Waals surface area contributed by atoms with Crippen molar-refractivity contribution in [2.45, 2.75) is 31.7 Å². The molecule has 1 aromatic carbocycles. The molecule has 0 aromatic heterocycles. The van der Waals surface area contributed by atoms with E-state index in [4.69, 9.17) is 0 Å². The van der Waals surface area contributed by atoms with Gasteiger partial charge in [-0.2, -0.15) is 26.3 Å². The van der Waals surface area contributed by atoms with E-state index in [1.807, 2.05) is 0 Å². The summed E-state index contributed by atoms with van der Waals surface area (Å²) in [6.07, 6.45) is -10.4. The molecule has 0 atom stereocenters. The van der Waals surface area contributed by atoms with Gasteiger partial charge in [0.15, 0.2) is 6.61 Å². The Bertz CT molecular complexity index is 598. The highest BCUT2D eigenvalue weighted by Gasteiger charge is 2.28. The van der Waals surface area contributed by atoms with E-state index in [-0.39, 0.29) is 18.0 Å². The van der Waals surface area contributed by atoms with E-state index >= 15 is 0 Å². The van der Waals surface area contributed by atoms with Gasteiger partial charge in [-0.25, -0.2) is 4.79 Å². The summed E-state index contributed by atoms with van der Waals surface area (Å²) in [5.74, 6) is -0.0216. The van der Waals surface area contributed by atoms with Crippen LogP contribution in [0.3, 0.4) is 0 Å². The van der Waals surface area contributed by atoms with Crippen molar-refractivity contribution in [1.29, 1.82) is 0 Å². The number of amides is 2. The Balaban J connectivity index is 2.42. The van der Waals surface area contributed by atoms with Crippen molar-refractivity contribution in [3.8, 4) is 5.75 Å². The smallest absolute Gasteiger partial charge is 0.422 e. The van der Waals surface area contributed by atoms with Gasteiger partial charge in [0, 0.05) is 18.7 Å². The number of ether oxygens (including phenoxy) is 1. The third-order valence-electron chi connectivity index (χ3n) is 2.75. The second kappa shape index (κ2) is 8.63. The van der Waals surface area contributed by atoms with Crippen LogP contribution in [0.5, 0.6) is 5.75 Å². The number of nitrogens with one attached hydrogen (secondary N) is 2. The number of carbonyl (C=O) groups excluding carboxylic acids is 1. The Morgan fingerprint density at radius 1 is 1.12 bits per heavy atom. The maximum absolute atomic E-state index is 12.1. The Hall–Kier alpha value is -2.39. The third-order valence-corrected chi connectivity index (χ3v) is 2.75. The zero-order valence-corrected chi connectivity index (χ0v) is 12.9. The molecule has 0 spiro atoms. The molecule has 0 fully saturated rings. The lowest BCUT2D eigenvalue weighted by Crippen LogP contribution is -2.34. The van der Waals surface area contributed by atoms with Crippen molar-refractivity contribution in [2.75, 3.05) is 6.61 Å². The van der Waals surface area contributed by atoms with E-state index in [1.165, 1.54) is 18.2 Å². The Morgan fingerprint density at radius 2 is 1.80 bits per heavy atom. The fraction of sp³-hybridized carbons (Fsp3) is 0.400. The molecule has 2 amide bonds. The first-order valence-electron chi connectivity index (χ1n) is 7.02. The fourth-order valence-corrected chi connectivity index (χ4v) is 1.65. The molecule has 0 radical (unpaired) electrons. The second-order valence-electron chi connectivity index (χ2n) is 5.08. The molecule has 0 aliphatic rings. The van der Waals surface area contributed by atoms with Crippen LogP contribution >= 0.6 is 0 Å². The average molecular weight is 370 g/mol. The first-order valence-corrected chi connectivity index (χ1v) is 7.02. The van der Waals surface area contributed by atoms with E-state index in [2.05, 4.69) is 21.9 Å². The van der Waals surface area contributed by atoms with Crippen molar-refractivity contribution in [2.24, 2.45) is 0 Å². The van der Waals surface area contributed by atoms with Gasteiger partial charge in [0.2, 0.25) is 0 Å². The monoisotopic (exact) mass is 370 g/mol. The van der Waals surface area contributed by atoms with E-state index < -0.39 is 37.8 Å². The molecule has 0 heterocycles. The molecule has 0 unspecified atom stereocenters. The molecule has 0 aliphatic heterocycles. The lowest BCUT2D eigenvalue weighted by molar-refractivity contribution is -0.153. The van der Waals surface area contributed by atoms with Gasteiger partial charge < -0.3 is 15.4 Å². The van der Waals surface area contributed by atoms with Crippen LogP contribution in [0.4, 0.5) is 31.1 Å². The SMILES string of the molecule is C=C(CCC(F)(F)F)NC(=O)NCc1cccc(OCC(F)(F)F)c1. The van der Waals surface area contributed by atoms with Crippen molar-refractivity contribution in [1.82, 2.24) is 10.6 Å². The number of benzene rings is 1. The van der Waals surface area contributed by atoms with E-state index in [9.17, 15) is 31.1 Å². The molecule has 1 aromatic rings. The summed E-state index contributed by atoms with van der Waals surface area (Å²) in [6, 6.07) is 4.86. The molecule has 0 saturated carbocycles. The molecule has 10 heteroatoms. The standard InChI is InChI=1S/C15H16F6N2O2/c1-10(5-6-14(16,17)18)23-13(24)22-8-11-3-2-4-12(7-11)25-9-15(19,20)21/h2-4,7H,1,5-6,8-9H2,(H2,22,23,24). The Morgan fingerprint density at radius 3 is 2.40 bits per heavy atom. The minimum absolute atomic E-state index is 0.0216. The van der Waals surface area contributed by atoms with Crippen molar-refractivity contribution in [3.63, 3.8) is 0 Å². The minimum Gasteiger partial charge on any atom is -0.484 e. The van der Waals surface area contributed by atoms with Crippen LogP contribution in [0.1, 0.15) is 18.4 Å². The first-order chi connectivity index (χ1) is 11.4. The quantitative estimate of drug-likeness (QED) is 0.704. The number of hydrogen-bond acceptors (Lipinski definition) is 2. The summed E-state index contributed by atoms with van der Waals surface area (Å²) < 4.78 is 77.0. The molecular weight excluding hydrogens is 354 g/mol. The van der Waals surface area contributed by atoms with Crippen LogP contribution in [0, 0.1) is 0 Å². The number of alkyl halides is 6. The number of allylic oxidation sites excluding steroid dienone is 1. The predicted molar refractivity (Wildman–Crippen MR) is 77.8 cm³/mol. The molecule has 25 heavy (non-hydrogen) atoms. The Labute approximate surface area is 139 Å². The summed E-state index contributed by atoms with van der Waals surface area (Å²) >= 11 is 0. The van der Waals surface area contributed by atoms with E-state index in [1.54, 1.807) is 6.07 Å². The van der Waals surface area contributed by atoms with Crippen LogP contribution in [-0.2, 0) is 6.54 Å². The molecular formula is C15H16F6N2O2. The summed E-state index contributed by atoms with van der Waals surface area (Å²) in [7, 11) is 0. The summed E-state index contributed by atoms with van der Waals surface area (Å²) in [6.45, 7) is 1.82. The van der Waals surface area contributed by atoms with Gasteiger partial charge in [-0.1, -0.05) is 18.7 Å². The minimum atomic E-state index is -4.47. The zero-order valence-electron chi connectivity index (χ0n) is 12.9. The van der Waals surface area contributed by atoms with Gasteiger partial charge in [0.05, 0.1) is 0 Å². The highest BCUT2D eigenvalue weighted by Crippen LogP contribution is 2.22. The van der Waals surface area contributed by atoms with Gasteiger partial charge in [-0.05, 0) is 24.1 Å². The van der Waals surface area contributed by atoms with Crippen LogP contribution < -0.4 is 15.4 Å². The van der Waals surface area contributed by atoms with Gasteiger partial charge in [-0.3, -0.25) is 0 Å². The number of halogens is 6. The predicted octanol–water partition coefficient (Wildman–Crippen LogP) is 4.28. The van der Waals surface area contributed by atoms with E-state index in [0.29, 0.717) is 5.56 Å². The maximum Gasteiger partial charge on any atom is 0.422 e. The largest absolute Gasteiger partial charge is 0.484 e. The molecule has 0 bridgehead atoms. The molecule has 0 saturated heterocycles. The molecule has 140 valence electrons. The second-order valence-corrected chi connectivity index (χ2v) is 5.08. The van der Waals surface area contributed by atoms with Crippen LogP contribution in [-0.4, -0.2) is 25.0 Å². The van der Waals surface area contributed by atoms with E-state index in [0.717, 1.165) is 0 Å². The number of rotatable bonds is 7. The van der Waals surface area contributed by atoms with Gasteiger partial charge in [-0.15, -0.1) is 0 Å². The number of urea groups is 1. The van der Waals surface area contributed by atoms with Crippen molar-refractivity contribution in [3.05, 3.63) is 42.1 Å². The van der Waals surface area contributed by atoms with Crippen LogP contribution in [0.15, 0.2) is 36.5 Å². The molecule has 4 nitrogen and oxygen atoms in total. The normalized spacial score (nSPS) is 11.8. The van der Waals surface area contributed by atoms with Crippen LogP contribution in [0.2, 0.25) is 0 Å². The molecule has 0 aliphatic carbocycles. The van der Waals surface area contributed by atoms with Gasteiger partial charge in [0.25, 0.3) is 0 Å². The zero-order chi connectivity index (χ0) is 19.1. The topological polar surface area (TPSA) is 50.4 Å².